The zero-order chi connectivity index (χ0) is 17.6. The summed E-state index contributed by atoms with van der Waals surface area (Å²) in [5.41, 5.74) is -4.83. The first kappa shape index (κ1) is 17.8. The molecule has 0 saturated heterocycles. The maximum atomic E-state index is 13.7. The summed E-state index contributed by atoms with van der Waals surface area (Å²) in [6.45, 7) is 3.20. The van der Waals surface area contributed by atoms with Crippen LogP contribution in [0.25, 0.3) is 10.8 Å². The molecule has 2 aromatic rings. The molecule has 0 aliphatic rings. The van der Waals surface area contributed by atoms with Crippen LogP contribution >= 0.6 is 11.6 Å². The van der Waals surface area contributed by atoms with Crippen LogP contribution in [0.4, 0.5) is 17.6 Å². The Bertz CT molecular complexity index is 876. The SMILES string of the molecule is CCc1c(C)cc2cc(Cl)c(F)cc2c1OS(=O)(=O)C(F)(F)F. The molecule has 2 aromatic carbocycles. The van der Waals surface area contributed by atoms with E-state index in [0.717, 1.165) is 6.07 Å². The van der Waals surface area contributed by atoms with Crippen LogP contribution in [0, 0.1) is 12.7 Å². The van der Waals surface area contributed by atoms with Crippen molar-refractivity contribution < 1.29 is 30.2 Å². The van der Waals surface area contributed by atoms with E-state index in [4.69, 9.17) is 11.6 Å². The van der Waals surface area contributed by atoms with Crippen molar-refractivity contribution in [1.29, 1.82) is 0 Å². The third-order valence-electron chi connectivity index (χ3n) is 3.29. The van der Waals surface area contributed by atoms with Crippen molar-refractivity contribution in [1.82, 2.24) is 0 Å². The van der Waals surface area contributed by atoms with E-state index in [1.807, 2.05) is 0 Å². The molecular weight excluding hydrogens is 360 g/mol. The zero-order valence-electron chi connectivity index (χ0n) is 12.0. The largest absolute Gasteiger partial charge is 0.534 e. The zero-order valence-corrected chi connectivity index (χ0v) is 13.5. The van der Waals surface area contributed by atoms with E-state index in [1.54, 1.807) is 19.9 Å². The Labute approximate surface area is 134 Å². The first-order valence-electron chi connectivity index (χ1n) is 6.40. The lowest BCUT2D eigenvalue weighted by Gasteiger charge is -2.17. The fourth-order valence-corrected chi connectivity index (χ4v) is 2.91. The van der Waals surface area contributed by atoms with E-state index >= 15 is 0 Å². The van der Waals surface area contributed by atoms with Crippen molar-refractivity contribution >= 4 is 32.5 Å². The predicted octanol–water partition coefficient (Wildman–Crippen LogP) is 4.73. The normalized spacial score (nSPS) is 12.7. The van der Waals surface area contributed by atoms with Gasteiger partial charge in [0.25, 0.3) is 0 Å². The van der Waals surface area contributed by atoms with Crippen LogP contribution in [0.1, 0.15) is 18.1 Å². The maximum Gasteiger partial charge on any atom is 0.534 e. The lowest BCUT2D eigenvalue weighted by atomic mass is 9.98. The summed E-state index contributed by atoms with van der Waals surface area (Å²) in [4.78, 5) is 0. The Morgan fingerprint density at radius 1 is 1.22 bits per heavy atom. The van der Waals surface area contributed by atoms with Crippen molar-refractivity contribution in [2.45, 2.75) is 25.8 Å². The monoisotopic (exact) mass is 370 g/mol. The number of halogens is 5. The van der Waals surface area contributed by atoms with Gasteiger partial charge < -0.3 is 4.18 Å². The summed E-state index contributed by atoms with van der Waals surface area (Å²) < 4.78 is 78.4. The molecule has 0 fully saturated rings. The topological polar surface area (TPSA) is 43.4 Å². The predicted molar refractivity (Wildman–Crippen MR) is 78.6 cm³/mol. The second kappa shape index (κ2) is 5.83. The quantitative estimate of drug-likeness (QED) is 0.445. The minimum absolute atomic E-state index is 0.0952. The highest BCUT2D eigenvalue weighted by Crippen LogP contribution is 2.38. The second-order valence-electron chi connectivity index (χ2n) is 4.83. The smallest absolute Gasteiger partial charge is 0.375 e. The highest BCUT2D eigenvalue weighted by atomic mass is 35.5. The number of hydrogen-bond donors (Lipinski definition) is 0. The molecule has 0 aromatic heterocycles. The van der Waals surface area contributed by atoms with Crippen LogP contribution in [-0.2, 0) is 16.5 Å². The van der Waals surface area contributed by atoms with E-state index in [9.17, 15) is 26.0 Å². The van der Waals surface area contributed by atoms with Gasteiger partial charge in [0, 0.05) is 5.39 Å². The minimum Gasteiger partial charge on any atom is -0.375 e. The minimum atomic E-state index is -5.87. The Balaban J connectivity index is 2.81. The molecule has 0 radical (unpaired) electrons. The fraction of sp³-hybridized carbons (Fsp3) is 0.286. The molecule has 0 unspecified atom stereocenters. The first-order valence-corrected chi connectivity index (χ1v) is 8.18. The van der Waals surface area contributed by atoms with E-state index in [-0.39, 0.29) is 27.8 Å². The van der Waals surface area contributed by atoms with Gasteiger partial charge in [-0.05, 0) is 42.0 Å². The van der Waals surface area contributed by atoms with Crippen molar-refractivity contribution in [2.24, 2.45) is 0 Å². The number of alkyl halides is 3. The molecule has 2 rings (SSSR count). The van der Waals surface area contributed by atoms with Gasteiger partial charge >= 0.3 is 15.6 Å². The molecule has 0 bridgehead atoms. The van der Waals surface area contributed by atoms with Crippen molar-refractivity contribution in [3.8, 4) is 5.75 Å². The number of aryl methyl sites for hydroxylation is 1. The van der Waals surface area contributed by atoms with Gasteiger partial charge in [-0.25, -0.2) is 4.39 Å². The Kier molecular flexibility index (Phi) is 4.51. The Morgan fingerprint density at radius 2 is 1.83 bits per heavy atom. The third-order valence-corrected chi connectivity index (χ3v) is 4.53. The van der Waals surface area contributed by atoms with Crippen molar-refractivity contribution in [3.05, 3.63) is 40.2 Å². The molecule has 126 valence electrons. The van der Waals surface area contributed by atoms with Crippen LogP contribution in [0.15, 0.2) is 18.2 Å². The van der Waals surface area contributed by atoms with Gasteiger partial charge in [-0.15, -0.1) is 0 Å². The lowest BCUT2D eigenvalue weighted by Crippen LogP contribution is -2.28. The summed E-state index contributed by atoms with van der Waals surface area (Å²) >= 11 is 5.66. The van der Waals surface area contributed by atoms with Gasteiger partial charge in [-0.1, -0.05) is 24.6 Å². The Morgan fingerprint density at radius 3 is 2.35 bits per heavy atom. The van der Waals surface area contributed by atoms with Gasteiger partial charge in [0.15, 0.2) is 5.75 Å². The van der Waals surface area contributed by atoms with E-state index < -0.39 is 27.2 Å². The van der Waals surface area contributed by atoms with Gasteiger partial charge in [0.1, 0.15) is 5.82 Å². The highest BCUT2D eigenvalue weighted by Gasteiger charge is 2.49. The van der Waals surface area contributed by atoms with Crippen LogP contribution in [0.3, 0.4) is 0 Å². The molecule has 23 heavy (non-hydrogen) atoms. The molecule has 0 aliphatic carbocycles. The third kappa shape index (κ3) is 3.23. The number of rotatable bonds is 3. The summed E-state index contributed by atoms with van der Waals surface area (Å²) in [6, 6.07) is 3.63. The Hall–Kier alpha value is -1.54. The van der Waals surface area contributed by atoms with Gasteiger partial charge in [0.2, 0.25) is 0 Å². The van der Waals surface area contributed by atoms with Crippen LogP contribution in [-0.4, -0.2) is 13.9 Å². The average molecular weight is 371 g/mol. The molecule has 0 atom stereocenters. The summed E-state index contributed by atoms with van der Waals surface area (Å²) in [5.74, 6) is -1.42. The summed E-state index contributed by atoms with van der Waals surface area (Å²) in [6.07, 6.45) is 0.203. The van der Waals surface area contributed by atoms with Gasteiger partial charge in [-0.3, -0.25) is 0 Å². The summed E-state index contributed by atoms with van der Waals surface area (Å²) in [5, 5.41) is -0.0496. The summed E-state index contributed by atoms with van der Waals surface area (Å²) in [7, 11) is -5.87. The number of fused-ring (bicyclic) bond motifs is 1. The van der Waals surface area contributed by atoms with Crippen LogP contribution < -0.4 is 4.18 Å². The van der Waals surface area contributed by atoms with Crippen LogP contribution in [0.2, 0.25) is 5.02 Å². The molecule has 0 saturated carbocycles. The van der Waals surface area contributed by atoms with Gasteiger partial charge in [0.05, 0.1) is 5.02 Å². The second-order valence-corrected chi connectivity index (χ2v) is 6.77. The van der Waals surface area contributed by atoms with E-state index in [2.05, 4.69) is 4.18 Å². The standard InChI is InChI=1S/C14H11ClF4O3S/c1-3-9-7(2)4-8-5-11(15)12(16)6-10(8)13(9)22-23(20,21)14(17,18)19/h4-6H,3H2,1-2H3. The molecule has 9 heteroatoms. The average Bonchev–Trinajstić information content (AvgIpc) is 2.40. The highest BCUT2D eigenvalue weighted by molar-refractivity contribution is 7.88. The molecular formula is C14H11ClF4O3S. The fourth-order valence-electron chi connectivity index (χ4n) is 2.23. The molecule has 0 aliphatic heterocycles. The maximum absolute atomic E-state index is 13.7. The van der Waals surface area contributed by atoms with Crippen molar-refractivity contribution in [2.75, 3.05) is 0 Å². The number of benzene rings is 2. The van der Waals surface area contributed by atoms with E-state index in [1.165, 1.54) is 6.07 Å². The lowest BCUT2D eigenvalue weighted by molar-refractivity contribution is -0.0499. The molecule has 3 nitrogen and oxygen atoms in total. The van der Waals surface area contributed by atoms with E-state index in [0.29, 0.717) is 5.56 Å². The first-order chi connectivity index (χ1) is 10.5. The van der Waals surface area contributed by atoms with Gasteiger partial charge in [-0.2, -0.15) is 21.6 Å². The molecule has 0 amide bonds. The van der Waals surface area contributed by atoms with Crippen LogP contribution in [0.5, 0.6) is 5.75 Å². The van der Waals surface area contributed by atoms with Crippen molar-refractivity contribution in [3.63, 3.8) is 0 Å². The molecule has 0 N–H and O–H groups in total. The molecule has 0 heterocycles. The molecule has 0 spiro atoms. The number of hydrogen-bond acceptors (Lipinski definition) is 3.